The third-order valence-corrected chi connectivity index (χ3v) is 4.89. The number of benzene rings is 3. The van der Waals surface area contributed by atoms with Crippen LogP contribution >= 0.6 is 0 Å². The first-order chi connectivity index (χ1) is 16.0. The maximum absolute atomic E-state index is 12.6. The van der Waals surface area contributed by atoms with E-state index in [1.807, 2.05) is 30.3 Å². The molecule has 1 amide bonds. The van der Waals surface area contributed by atoms with Gasteiger partial charge in [-0.2, -0.15) is 5.10 Å². The fourth-order valence-electron chi connectivity index (χ4n) is 3.26. The third-order valence-electron chi connectivity index (χ3n) is 4.89. The van der Waals surface area contributed by atoms with Crippen LogP contribution in [-0.2, 0) is 0 Å². The number of nitro benzene ring substituents is 1. The minimum atomic E-state index is -0.572. The lowest BCUT2D eigenvalue weighted by Crippen LogP contribution is -2.17. The number of rotatable bonds is 7. The zero-order chi connectivity index (χ0) is 23.4. The summed E-state index contributed by atoms with van der Waals surface area (Å²) in [6, 6.07) is 17.4. The first kappa shape index (κ1) is 21.5. The third kappa shape index (κ3) is 4.49. The van der Waals surface area contributed by atoms with E-state index >= 15 is 0 Å². The molecule has 10 nitrogen and oxygen atoms in total. The summed E-state index contributed by atoms with van der Waals surface area (Å²) >= 11 is 0. The van der Waals surface area contributed by atoms with Crippen LogP contribution in [0.2, 0.25) is 0 Å². The first-order valence-electron chi connectivity index (χ1n) is 9.79. The van der Waals surface area contributed by atoms with Crippen LogP contribution in [0.15, 0.2) is 65.8 Å². The number of imidazole rings is 1. The lowest BCUT2D eigenvalue weighted by Gasteiger charge is -2.08. The monoisotopic (exact) mass is 445 g/mol. The number of carbonyl (C=O) groups excluding carboxylic acids is 1. The number of aromatic amines is 1. The lowest BCUT2D eigenvalue weighted by atomic mass is 10.1. The van der Waals surface area contributed by atoms with Crippen molar-refractivity contribution in [3.8, 4) is 22.9 Å². The number of hydrogen-bond acceptors (Lipinski definition) is 7. The second-order valence-corrected chi connectivity index (χ2v) is 6.91. The van der Waals surface area contributed by atoms with Gasteiger partial charge in [0.1, 0.15) is 11.6 Å². The highest BCUT2D eigenvalue weighted by Gasteiger charge is 2.19. The summed E-state index contributed by atoms with van der Waals surface area (Å²) in [6.45, 7) is 0. The Hall–Kier alpha value is -4.73. The summed E-state index contributed by atoms with van der Waals surface area (Å²) in [5.74, 6) is 0.615. The summed E-state index contributed by atoms with van der Waals surface area (Å²) in [6.07, 6.45) is 1.27. The van der Waals surface area contributed by atoms with E-state index in [4.69, 9.17) is 9.47 Å². The molecule has 0 radical (unpaired) electrons. The molecule has 2 N–H and O–H groups in total. The highest BCUT2D eigenvalue weighted by molar-refractivity contribution is 5.98. The van der Waals surface area contributed by atoms with Gasteiger partial charge in [-0.05, 0) is 18.2 Å². The second kappa shape index (κ2) is 9.18. The van der Waals surface area contributed by atoms with Gasteiger partial charge in [0, 0.05) is 28.8 Å². The van der Waals surface area contributed by atoms with Gasteiger partial charge in [-0.3, -0.25) is 14.9 Å². The molecule has 10 heteroatoms. The van der Waals surface area contributed by atoms with Crippen LogP contribution in [-0.4, -0.2) is 41.2 Å². The number of H-pyrrole nitrogens is 1. The van der Waals surface area contributed by atoms with Crippen molar-refractivity contribution in [2.75, 3.05) is 14.2 Å². The molecule has 4 aromatic rings. The van der Waals surface area contributed by atoms with Crippen LogP contribution < -0.4 is 14.9 Å². The average Bonchev–Trinajstić information content (AvgIpc) is 3.27. The van der Waals surface area contributed by atoms with Crippen LogP contribution in [0.5, 0.6) is 11.5 Å². The maximum atomic E-state index is 12.6. The van der Waals surface area contributed by atoms with Gasteiger partial charge in [0.05, 0.1) is 36.4 Å². The van der Waals surface area contributed by atoms with Crippen molar-refractivity contribution in [2.24, 2.45) is 5.10 Å². The van der Waals surface area contributed by atoms with Crippen molar-refractivity contribution >= 4 is 28.8 Å². The molecule has 0 aliphatic rings. The first-order valence-corrected chi connectivity index (χ1v) is 9.79. The summed E-state index contributed by atoms with van der Waals surface area (Å²) in [5.41, 5.74) is 5.22. The Morgan fingerprint density at radius 3 is 2.55 bits per heavy atom. The van der Waals surface area contributed by atoms with Gasteiger partial charge >= 0.3 is 5.69 Å². The minimum Gasteiger partial charge on any atom is -0.496 e. The van der Waals surface area contributed by atoms with Crippen molar-refractivity contribution in [3.05, 3.63) is 81.9 Å². The van der Waals surface area contributed by atoms with Gasteiger partial charge < -0.3 is 14.5 Å². The van der Waals surface area contributed by atoms with Gasteiger partial charge in [-0.15, -0.1) is 0 Å². The van der Waals surface area contributed by atoms with Crippen molar-refractivity contribution in [1.82, 2.24) is 15.4 Å². The highest BCUT2D eigenvalue weighted by atomic mass is 16.6. The number of nitrogens with zero attached hydrogens (tertiary/aromatic N) is 3. The van der Waals surface area contributed by atoms with E-state index in [2.05, 4.69) is 20.5 Å². The molecule has 0 saturated heterocycles. The van der Waals surface area contributed by atoms with E-state index in [0.717, 1.165) is 11.1 Å². The second-order valence-electron chi connectivity index (χ2n) is 6.91. The molecular weight excluding hydrogens is 426 g/mol. The number of ether oxygens (including phenoxy) is 2. The van der Waals surface area contributed by atoms with Crippen LogP contribution in [0.25, 0.3) is 22.4 Å². The molecule has 166 valence electrons. The quantitative estimate of drug-likeness (QED) is 0.252. The Kier molecular flexibility index (Phi) is 5.98. The van der Waals surface area contributed by atoms with Gasteiger partial charge in [-0.1, -0.05) is 30.3 Å². The van der Waals surface area contributed by atoms with E-state index in [0.29, 0.717) is 28.2 Å². The van der Waals surface area contributed by atoms with Crippen molar-refractivity contribution in [3.63, 3.8) is 0 Å². The van der Waals surface area contributed by atoms with Crippen LogP contribution in [0.4, 0.5) is 5.69 Å². The number of hydrazone groups is 1. The van der Waals surface area contributed by atoms with E-state index in [-0.39, 0.29) is 11.4 Å². The van der Waals surface area contributed by atoms with Crippen LogP contribution in [0.1, 0.15) is 15.9 Å². The Bertz CT molecular complexity index is 1360. The molecule has 0 fully saturated rings. The Balaban J connectivity index is 1.54. The molecule has 0 saturated carbocycles. The van der Waals surface area contributed by atoms with Crippen molar-refractivity contribution in [1.29, 1.82) is 0 Å². The largest absolute Gasteiger partial charge is 0.496 e. The molecule has 33 heavy (non-hydrogen) atoms. The molecular formula is C23H19N5O5. The fraction of sp³-hybridized carbons (Fsp3) is 0.0870. The lowest BCUT2D eigenvalue weighted by molar-refractivity contribution is -0.385. The smallest absolute Gasteiger partial charge is 0.311 e. The minimum absolute atomic E-state index is 0.0563. The molecule has 0 aliphatic heterocycles. The van der Waals surface area contributed by atoms with E-state index in [1.54, 1.807) is 18.2 Å². The Morgan fingerprint density at radius 1 is 1.09 bits per heavy atom. The fourth-order valence-corrected chi connectivity index (χ4v) is 3.26. The number of hydrogen-bond donors (Lipinski definition) is 2. The Morgan fingerprint density at radius 2 is 1.85 bits per heavy atom. The topological polar surface area (TPSA) is 132 Å². The van der Waals surface area contributed by atoms with Crippen molar-refractivity contribution < 1.29 is 19.2 Å². The number of carbonyl (C=O) groups is 1. The normalized spacial score (nSPS) is 11.0. The summed E-state index contributed by atoms with van der Waals surface area (Å²) in [4.78, 5) is 31.0. The average molecular weight is 445 g/mol. The zero-order valence-corrected chi connectivity index (χ0v) is 17.7. The van der Waals surface area contributed by atoms with E-state index in [9.17, 15) is 14.9 Å². The number of nitrogens with one attached hydrogen (secondary N) is 2. The van der Waals surface area contributed by atoms with E-state index in [1.165, 1.54) is 32.6 Å². The van der Waals surface area contributed by atoms with Crippen LogP contribution in [0, 0.1) is 10.1 Å². The molecule has 4 rings (SSSR count). The predicted octanol–water partition coefficient (Wildman–Crippen LogP) is 3.92. The van der Waals surface area contributed by atoms with Crippen molar-refractivity contribution in [2.45, 2.75) is 0 Å². The highest BCUT2D eigenvalue weighted by Crippen LogP contribution is 2.33. The number of nitro groups is 1. The molecule has 0 bridgehead atoms. The summed E-state index contributed by atoms with van der Waals surface area (Å²) < 4.78 is 10.3. The predicted molar refractivity (Wildman–Crippen MR) is 123 cm³/mol. The van der Waals surface area contributed by atoms with Gasteiger partial charge in [0.25, 0.3) is 5.91 Å². The standard InChI is InChI=1S/C23H19N5O5/c1-32-20-12-21(33-2)19(28(30)31)11-16(20)13-24-27-23(29)15-8-9-17-18(10-15)26-22(25-17)14-6-4-3-5-7-14/h3-13H,1-2H3,(H,25,26)(H,27,29)/b24-13+. The number of aromatic nitrogens is 2. The zero-order valence-electron chi connectivity index (χ0n) is 17.7. The SMILES string of the molecule is COc1cc(OC)c([N+](=O)[O-])cc1/C=N/NC(=O)c1ccc2nc(-c3ccccc3)[nH]c2c1. The van der Waals surface area contributed by atoms with Gasteiger partial charge in [0.15, 0.2) is 0 Å². The van der Waals surface area contributed by atoms with Gasteiger partial charge in [0.2, 0.25) is 5.75 Å². The molecule has 0 unspecified atom stereocenters. The van der Waals surface area contributed by atoms with Crippen LogP contribution in [0.3, 0.4) is 0 Å². The van der Waals surface area contributed by atoms with Gasteiger partial charge in [-0.25, -0.2) is 10.4 Å². The maximum Gasteiger partial charge on any atom is 0.311 e. The molecule has 0 atom stereocenters. The molecule has 1 aromatic heterocycles. The van der Waals surface area contributed by atoms with E-state index < -0.39 is 10.8 Å². The molecule has 0 aliphatic carbocycles. The number of methoxy groups -OCH3 is 2. The number of fused-ring (bicyclic) bond motifs is 1. The number of amides is 1. The summed E-state index contributed by atoms with van der Waals surface area (Å²) in [5, 5.41) is 15.2. The Labute approximate surface area is 188 Å². The summed E-state index contributed by atoms with van der Waals surface area (Å²) in [7, 11) is 2.74. The molecule has 0 spiro atoms. The molecule has 3 aromatic carbocycles. The molecule has 1 heterocycles.